The summed E-state index contributed by atoms with van der Waals surface area (Å²) in [4.78, 5) is 31.3. The average Bonchev–Trinajstić information content (AvgIpc) is 3.25. The highest BCUT2D eigenvalue weighted by Crippen LogP contribution is 2.42. The zero-order valence-corrected chi connectivity index (χ0v) is 15.2. The Morgan fingerprint density at radius 1 is 1.14 bits per heavy atom. The summed E-state index contributed by atoms with van der Waals surface area (Å²) in [5, 5.41) is 2.77. The minimum atomic E-state index is -0.475. The van der Waals surface area contributed by atoms with E-state index in [4.69, 9.17) is 4.74 Å². The van der Waals surface area contributed by atoms with Crippen molar-refractivity contribution in [1.29, 1.82) is 0 Å². The quantitative estimate of drug-likeness (QED) is 0.537. The van der Waals surface area contributed by atoms with E-state index in [0.29, 0.717) is 33.6 Å². The van der Waals surface area contributed by atoms with Crippen LogP contribution in [-0.2, 0) is 9.53 Å². The number of methoxy groups -OCH3 is 1. The first-order valence-electron chi connectivity index (χ1n) is 8.54. The van der Waals surface area contributed by atoms with Crippen molar-refractivity contribution in [2.75, 3.05) is 12.4 Å². The second-order valence-corrected chi connectivity index (χ2v) is 6.34. The molecule has 0 saturated carbocycles. The monoisotopic (exact) mass is 377 g/mol. The molecule has 28 heavy (non-hydrogen) atoms. The summed E-state index contributed by atoms with van der Waals surface area (Å²) in [5.41, 5.74) is 3.92. The van der Waals surface area contributed by atoms with Gasteiger partial charge in [0, 0.05) is 22.5 Å². The number of carbonyl (C=O) groups is 2. The summed E-state index contributed by atoms with van der Waals surface area (Å²) in [6.45, 7) is 1.84. The molecule has 0 aliphatic carbocycles. The Morgan fingerprint density at radius 3 is 2.54 bits per heavy atom. The van der Waals surface area contributed by atoms with Gasteiger partial charge in [0.15, 0.2) is 0 Å². The number of hydrogen-bond donors (Lipinski definition) is 2. The molecule has 7 heteroatoms. The van der Waals surface area contributed by atoms with E-state index in [1.165, 1.54) is 25.6 Å². The fourth-order valence-corrected chi connectivity index (χ4v) is 3.23. The van der Waals surface area contributed by atoms with Crippen molar-refractivity contribution in [3.63, 3.8) is 0 Å². The van der Waals surface area contributed by atoms with Crippen LogP contribution in [0, 0.1) is 12.7 Å². The van der Waals surface area contributed by atoms with Crippen LogP contribution in [-0.4, -0.2) is 29.0 Å². The van der Waals surface area contributed by atoms with Gasteiger partial charge in [-0.25, -0.2) is 14.2 Å². The number of aromatic nitrogens is 2. The summed E-state index contributed by atoms with van der Waals surface area (Å²) in [6.07, 6.45) is 3.17. The number of rotatable bonds is 3. The lowest BCUT2D eigenvalue weighted by Gasteiger charge is -2.11. The molecule has 1 aliphatic heterocycles. The third kappa shape index (κ3) is 2.87. The van der Waals surface area contributed by atoms with Crippen molar-refractivity contribution in [1.82, 2.24) is 9.97 Å². The van der Waals surface area contributed by atoms with Crippen LogP contribution >= 0.6 is 0 Å². The summed E-state index contributed by atoms with van der Waals surface area (Å²) in [5.74, 6) is -1.27. The number of fused-ring (bicyclic) bond motifs is 1. The Kier molecular flexibility index (Phi) is 4.27. The molecule has 0 unspecified atom stereocenters. The largest absolute Gasteiger partial charge is 0.465 e. The predicted octanol–water partition coefficient (Wildman–Crippen LogP) is 3.80. The normalized spacial score (nSPS) is 14.1. The molecular formula is C21H16FN3O3. The summed E-state index contributed by atoms with van der Waals surface area (Å²) in [6, 6.07) is 9.23. The maximum atomic E-state index is 14.8. The molecule has 1 aromatic heterocycles. The number of aromatic amines is 1. The molecule has 6 nitrogen and oxygen atoms in total. The Morgan fingerprint density at radius 2 is 1.89 bits per heavy atom. The Hall–Kier alpha value is -3.74. The van der Waals surface area contributed by atoms with E-state index in [2.05, 4.69) is 15.3 Å². The zero-order chi connectivity index (χ0) is 19.8. The van der Waals surface area contributed by atoms with Crippen molar-refractivity contribution in [3.05, 3.63) is 71.1 Å². The van der Waals surface area contributed by atoms with Crippen LogP contribution in [0.5, 0.6) is 0 Å². The van der Waals surface area contributed by atoms with Crippen molar-refractivity contribution < 1.29 is 18.7 Å². The molecule has 0 atom stereocenters. The van der Waals surface area contributed by atoms with E-state index in [1.807, 2.05) is 6.92 Å². The van der Waals surface area contributed by atoms with Crippen LogP contribution in [0.4, 0.5) is 10.1 Å². The second kappa shape index (κ2) is 6.77. The van der Waals surface area contributed by atoms with E-state index in [-0.39, 0.29) is 11.5 Å². The number of hydrogen-bond acceptors (Lipinski definition) is 4. The number of imidazole rings is 1. The summed E-state index contributed by atoms with van der Waals surface area (Å²) >= 11 is 0. The van der Waals surface area contributed by atoms with E-state index in [9.17, 15) is 14.0 Å². The van der Waals surface area contributed by atoms with Gasteiger partial charge in [-0.3, -0.25) is 4.79 Å². The van der Waals surface area contributed by atoms with Crippen LogP contribution in [0.25, 0.3) is 22.8 Å². The van der Waals surface area contributed by atoms with Crippen LogP contribution in [0.15, 0.2) is 42.7 Å². The Balaban J connectivity index is 1.88. The van der Waals surface area contributed by atoms with Crippen molar-refractivity contribution in [2.24, 2.45) is 0 Å². The van der Waals surface area contributed by atoms with Crippen LogP contribution in [0.2, 0.25) is 0 Å². The van der Waals surface area contributed by atoms with Crippen LogP contribution < -0.4 is 5.32 Å². The summed E-state index contributed by atoms with van der Waals surface area (Å²) in [7, 11) is 1.30. The molecule has 0 saturated heterocycles. The van der Waals surface area contributed by atoms with Crippen LogP contribution in [0.3, 0.4) is 0 Å². The van der Waals surface area contributed by atoms with E-state index >= 15 is 0 Å². The minimum Gasteiger partial charge on any atom is -0.465 e. The first-order valence-corrected chi connectivity index (χ1v) is 8.54. The lowest BCUT2D eigenvalue weighted by atomic mass is 9.93. The van der Waals surface area contributed by atoms with Gasteiger partial charge in [-0.1, -0.05) is 12.1 Å². The standard InChI is InChI=1S/C21H16FN3O3/c1-11-17(24-10-23-11)9-14-19-16(25-20(14)26)8-7-15(22)18(19)12-3-5-13(6-4-12)21(27)28-2/h3-10H,1-2H3,(H,23,24)(H,25,26)/b14-9-. The number of esters is 1. The van der Waals surface area contributed by atoms with Crippen LogP contribution in [0.1, 0.15) is 27.3 Å². The molecule has 2 heterocycles. The lowest BCUT2D eigenvalue weighted by Crippen LogP contribution is -2.03. The smallest absolute Gasteiger partial charge is 0.337 e. The number of nitrogens with zero attached hydrogens (tertiary/aromatic N) is 1. The SMILES string of the molecule is COC(=O)c1ccc(-c2c(F)ccc3c2/C(=C/c2nc[nH]c2C)C(=O)N3)cc1. The molecule has 0 fully saturated rings. The second-order valence-electron chi connectivity index (χ2n) is 6.34. The van der Waals surface area contributed by atoms with Gasteiger partial charge < -0.3 is 15.0 Å². The number of amides is 1. The number of ether oxygens (including phenoxy) is 1. The average molecular weight is 377 g/mol. The fraction of sp³-hybridized carbons (Fsp3) is 0.0952. The van der Waals surface area contributed by atoms with Gasteiger partial charge in [0.25, 0.3) is 5.91 Å². The molecule has 0 spiro atoms. The van der Waals surface area contributed by atoms with Gasteiger partial charge in [0.2, 0.25) is 0 Å². The van der Waals surface area contributed by atoms with Gasteiger partial charge in [0.1, 0.15) is 5.82 Å². The molecule has 1 amide bonds. The first kappa shape index (κ1) is 17.7. The van der Waals surface area contributed by atoms with Crippen molar-refractivity contribution >= 4 is 29.2 Å². The molecule has 1 aliphatic rings. The molecule has 140 valence electrons. The van der Waals surface area contributed by atoms with Crippen molar-refractivity contribution in [2.45, 2.75) is 6.92 Å². The maximum Gasteiger partial charge on any atom is 0.337 e. The highest BCUT2D eigenvalue weighted by molar-refractivity contribution is 6.36. The molecule has 2 aromatic carbocycles. The fourth-order valence-electron chi connectivity index (χ4n) is 3.23. The van der Waals surface area contributed by atoms with E-state index in [0.717, 1.165) is 5.69 Å². The van der Waals surface area contributed by atoms with Gasteiger partial charge in [-0.15, -0.1) is 0 Å². The number of benzene rings is 2. The Bertz CT molecular complexity index is 1130. The molecule has 3 aromatic rings. The van der Waals surface area contributed by atoms with Gasteiger partial charge in [-0.2, -0.15) is 0 Å². The highest BCUT2D eigenvalue weighted by Gasteiger charge is 2.30. The Labute approximate surface area is 160 Å². The third-order valence-electron chi connectivity index (χ3n) is 4.66. The number of nitrogens with one attached hydrogen (secondary N) is 2. The van der Waals surface area contributed by atoms with E-state index < -0.39 is 11.8 Å². The topological polar surface area (TPSA) is 84.1 Å². The maximum absolute atomic E-state index is 14.8. The number of carbonyl (C=O) groups excluding carboxylic acids is 2. The molecule has 0 radical (unpaired) electrons. The van der Waals surface area contributed by atoms with E-state index in [1.54, 1.807) is 30.3 Å². The zero-order valence-electron chi connectivity index (χ0n) is 15.2. The summed E-state index contributed by atoms with van der Waals surface area (Å²) < 4.78 is 19.5. The predicted molar refractivity (Wildman–Crippen MR) is 103 cm³/mol. The number of H-pyrrole nitrogens is 1. The number of anilines is 1. The number of halogens is 1. The molecule has 2 N–H and O–H groups in total. The lowest BCUT2D eigenvalue weighted by molar-refractivity contribution is -0.110. The first-order chi connectivity index (χ1) is 13.5. The molecule has 0 bridgehead atoms. The molecule has 4 rings (SSSR count). The van der Waals surface area contributed by atoms with Gasteiger partial charge >= 0.3 is 5.97 Å². The third-order valence-corrected chi connectivity index (χ3v) is 4.66. The van der Waals surface area contributed by atoms with Crippen molar-refractivity contribution in [3.8, 4) is 11.1 Å². The highest BCUT2D eigenvalue weighted by atomic mass is 19.1. The van der Waals surface area contributed by atoms with Gasteiger partial charge in [-0.05, 0) is 42.8 Å². The number of aryl methyl sites for hydroxylation is 1. The minimum absolute atomic E-state index is 0.284. The molecular weight excluding hydrogens is 361 g/mol. The van der Waals surface area contributed by atoms with Gasteiger partial charge in [0.05, 0.1) is 30.3 Å².